The van der Waals surface area contributed by atoms with Crippen LogP contribution in [0.4, 0.5) is 0 Å². The van der Waals surface area contributed by atoms with Crippen LogP contribution in [-0.2, 0) is 0 Å². The molecule has 1 aromatic carbocycles. The Morgan fingerprint density at radius 3 is 2.33 bits per heavy atom. The van der Waals surface area contributed by atoms with Crippen LogP contribution in [0.1, 0.15) is 44.2 Å². The number of methoxy groups -OCH3 is 2. The van der Waals surface area contributed by atoms with Crippen molar-refractivity contribution in [2.24, 2.45) is 0 Å². The zero-order valence-corrected chi connectivity index (χ0v) is 14.3. The van der Waals surface area contributed by atoms with Gasteiger partial charge in [0.15, 0.2) is 11.5 Å². The van der Waals surface area contributed by atoms with Gasteiger partial charge in [-0.05, 0) is 56.6 Å². The SMILES string of the molecule is COc1ccc(C(C)NC2CCC(SC)CC2)cc1OC. The van der Waals surface area contributed by atoms with Crippen molar-refractivity contribution in [1.29, 1.82) is 0 Å². The molecule has 1 aromatic rings. The molecule has 118 valence electrons. The van der Waals surface area contributed by atoms with Crippen molar-refractivity contribution in [2.45, 2.75) is 49.9 Å². The van der Waals surface area contributed by atoms with Crippen LogP contribution in [0.5, 0.6) is 11.5 Å². The fourth-order valence-corrected chi connectivity index (χ4v) is 3.78. The van der Waals surface area contributed by atoms with Gasteiger partial charge in [-0.3, -0.25) is 0 Å². The quantitative estimate of drug-likeness (QED) is 0.859. The first-order valence-corrected chi connectivity index (χ1v) is 8.97. The van der Waals surface area contributed by atoms with Crippen molar-refractivity contribution in [3.05, 3.63) is 23.8 Å². The minimum atomic E-state index is 0.334. The van der Waals surface area contributed by atoms with E-state index in [1.54, 1.807) is 14.2 Å². The zero-order chi connectivity index (χ0) is 15.2. The molecule has 0 aliphatic heterocycles. The molecule has 21 heavy (non-hydrogen) atoms. The summed E-state index contributed by atoms with van der Waals surface area (Å²) < 4.78 is 10.7. The molecule has 0 amide bonds. The fraction of sp³-hybridized carbons (Fsp3) is 0.647. The van der Waals surface area contributed by atoms with Gasteiger partial charge in [0, 0.05) is 17.3 Å². The normalized spacial score (nSPS) is 23.6. The highest BCUT2D eigenvalue weighted by molar-refractivity contribution is 7.99. The van der Waals surface area contributed by atoms with Crippen molar-refractivity contribution in [3.63, 3.8) is 0 Å². The molecule has 1 unspecified atom stereocenters. The Kier molecular flexibility index (Phi) is 6.24. The van der Waals surface area contributed by atoms with Crippen LogP contribution in [0.25, 0.3) is 0 Å². The van der Waals surface area contributed by atoms with Gasteiger partial charge in [0.25, 0.3) is 0 Å². The molecule has 1 aliphatic rings. The van der Waals surface area contributed by atoms with Gasteiger partial charge in [0.2, 0.25) is 0 Å². The maximum absolute atomic E-state index is 5.39. The van der Waals surface area contributed by atoms with E-state index < -0.39 is 0 Å². The largest absolute Gasteiger partial charge is 0.493 e. The number of hydrogen-bond donors (Lipinski definition) is 1. The number of nitrogens with one attached hydrogen (secondary N) is 1. The molecular formula is C17H27NO2S. The third-order valence-corrected chi connectivity index (χ3v) is 5.54. The lowest BCUT2D eigenvalue weighted by atomic mass is 9.93. The molecule has 0 spiro atoms. The second-order valence-corrected chi connectivity index (χ2v) is 6.85. The van der Waals surface area contributed by atoms with Gasteiger partial charge in [-0.1, -0.05) is 6.07 Å². The summed E-state index contributed by atoms with van der Waals surface area (Å²) >= 11 is 2.01. The second-order valence-electron chi connectivity index (χ2n) is 5.71. The second kappa shape index (κ2) is 7.95. The Morgan fingerprint density at radius 2 is 1.76 bits per heavy atom. The van der Waals surface area contributed by atoms with E-state index in [1.165, 1.54) is 31.2 Å². The third-order valence-electron chi connectivity index (χ3n) is 4.40. The van der Waals surface area contributed by atoms with Crippen molar-refractivity contribution < 1.29 is 9.47 Å². The van der Waals surface area contributed by atoms with Crippen molar-refractivity contribution >= 4 is 11.8 Å². The first-order valence-electron chi connectivity index (χ1n) is 7.68. The molecule has 0 saturated heterocycles. The first kappa shape index (κ1) is 16.5. The van der Waals surface area contributed by atoms with Crippen LogP contribution in [0.3, 0.4) is 0 Å². The molecule has 2 rings (SSSR count). The Labute approximate surface area is 132 Å². The highest BCUT2D eigenvalue weighted by atomic mass is 32.2. The molecule has 1 fully saturated rings. The summed E-state index contributed by atoms with van der Waals surface area (Å²) in [4.78, 5) is 0. The van der Waals surface area contributed by atoms with Gasteiger partial charge >= 0.3 is 0 Å². The summed E-state index contributed by atoms with van der Waals surface area (Å²) in [5.74, 6) is 1.59. The number of thioether (sulfide) groups is 1. The van der Waals surface area contributed by atoms with Gasteiger partial charge in [-0.2, -0.15) is 11.8 Å². The summed E-state index contributed by atoms with van der Waals surface area (Å²) in [6.07, 6.45) is 7.45. The molecule has 1 saturated carbocycles. The average Bonchev–Trinajstić information content (AvgIpc) is 2.54. The minimum absolute atomic E-state index is 0.334. The lowest BCUT2D eigenvalue weighted by Gasteiger charge is -2.30. The van der Waals surface area contributed by atoms with E-state index in [0.717, 1.165) is 16.7 Å². The lowest BCUT2D eigenvalue weighted by Crippen LogP contribution is -2.35. The molecule has 1 atom stereocenters. The van der Waals surface area contributed by atoms with Crippen molar-refractivity contribution in [3.8, 4) is 11.5 Å². The molecule has 0 radical (unpaired) electrons. The van der Waals surface area contributed by atoms with E-state index >= 15 is 0 Å². The topological polar surface area (TPSA) is 30.5 Å². The Hall–Kier alpha value is -0.870. The summed E-state index contributed by atoms with van der Waals surface area (Å²) in [7, 11) is 3.35. The van der Waals surface area contributed by atoms with E-state index in [-0.39, 0.29) is 0 Å². The molecule has 3 nitrogen and oxygen atoms in total. The van der Waals surface area contributed by atoms with Crippen LogP contribution in [0, 0.1) is 0 Å². The Morgan fingerprint density at radius 1 is 1.10 bits per heavy atom. The van der Waals surface area contributed by atoms with Crippen molar-refractivity contribution in [1.82, 2.24) is 5.32 Å². The summed E-state index contributed by atoms with van der Waals surface area (Å²) in [6.45, 7) is 2.22. The minimum Gasteiger partial charge on any atom is -0.493 e. The molecule has 0 aromatic heterocycles. The van der Waals surface area contributed by atoms with E-state index in [9.17, 15) is 0 Å². The van der Waals surface area contributed by atoms with Gasteiger partial charge in [-0.15, -0.1) is 0 Å². The maximum Gasteiger partial charge on any atom is 0.161 e. The summed E-state index contributed by atoms with van der Waals surface area (Å²) in [5, 5.41) is 4.62. The number of ether oxygens (including phenoxy) is 2. The first-order chi connectivity index (χ1) is 10.2. The Balaban J connectivity index is 1.95. The highest BCUT2D eigenvalue weighted by Gasteiger charge is 2.22. The number of hydrogen-bond acceptors (Lipinski definition) is 4. The molecule has 1 N–H and O–H groups in total. The molecule has 0 heterocycles. The lowest BCUT2D eigenvalue weighted by molar-refractivity contribution is 0.345. The standard InChI is InChI=1S/C17H27NO2S/c1-12(18-14-6-8-15(21-4)9-7-14)13-5-10-16(19-2)17(11-13)20-3/h5,10-12,14-15,18H,6-9H2,1-4H3. The zero-order valence-electron chi connectivity index (χ0n) is 13.5. The molecule has 4 heteroatoms. The van der Waals surface area contributed by atoms with Crippen LogP contribution in [0.15, 0.2) is 18.2 Å². The highest BCUT2D eigenvalue weighted by Crippen LogP contribution is 2.31. The smallest absolute Gasteiger partial charge is 0.161 e. The fourth-order valence-electron chi connectivity index (χ4n) is 3.04. The maximum atomic E-state index is 5.39. The van der Waals surface area contributed by atoms with E-state index in [0.29, 0.717) is 12.1 Å². The Bertz CT molecular complexity index is 444. The monoisotopic (exact) mass is 309 g/mol. The van der Waals surface area contributed by atoms with Crippen LogP contribution >= 0.6 is 11.8 Å². The average molecular weight is 309 g/mol. The summed E-state index contributed by atoms with van der Waals surface area (Å²) in [6, 6.07) is 7.14. The van der Waals surface area contributed by atoms with Gasteiger partial charge in [-0.25, -0.2) is 0 Å². The predicted octanol–water partition coefficient (Wildman–Crippen LogP) is 4.03. The van der Waals surface area contributed by atoms with Gasteiger partial charge in [0.1, 0.15) is 0 Å². The van der Waals surface area contributed by atoms with E-state index in [2.05, 4.69) is 30.6 Å². The van der Waals surface area contributed by atoms with Crippen molar-refractivity contribution in [2.75, 3.05) is 20.5 Å². The summed E-state index contributed by atoms with van der Waals surface area (Å²) in [5.41, 5.74) is 1.25. The molecular weight excluding hydrogens is 282 g/mol. The number of benzene rings is 1. The van der Waals surface area contributed by atoms with Crippen LogP contribution in [0.2, 0.25) is 0 Å². The van der Waals surface area contributed by atoms with Gasteiger partial charge in [0.05, 0.1) is 14.2 Å². The molecule has 1 aliphatic carbocycles. The van der Waals surface area contributed by atoms with Gasteiger partial charge < -0.3 is 14.8 Å². The third kappa shape index (κ3) is 4.30. The predicted molar refractivity (Wildman–Crippen MR) is 90.7 cm³/mol. The van der Waals surface area contributed by atoms with Crippen LogP contribution in [-0.4, -0.2) is 31.8 Å². The molecule has 0 bridgehead atoms. The number of rotatable bonds is 6. The van der Waals surface area contributed by atoms with E-state index in [1.807, 2.05) is 17.8 Å². The van der Waals surface area contributed by atoms with E-state index in [4.69, 9.17) is 9.47 Å². The van der Waals surface area contributed by atoms with Crippen LogP contribution < -0.4 is 14.8 Å².